The van der Waals surface area contributed by atoms with Gasteiger partial charge in [0.15, 0.2) is 9.62 Å². The molecule has 0 spiro atoms. The highest BCUT2D eigenvalue weighted by molar-refractivity contribution is 6.67. The normalized spacial score (nSPS) is 14.5. The minimum Gasteiger partial charge on any atom is -0.231 e. The van der Waals surface area contributed by atoms with E-state index in [9.17, 15) is 0 Å². The van der Waals surface area contributed by atoms with Gasteiger partial charge in [0.25, 0.3) is 0 Å². The summed E-state index contributed by atoms with van der Waals surface area (Å²) in [5, 5.41) is 10.2. The molecule has 0 N–H and O–H groups in total. The van der Waals surface area contributed by atoms with Crippen LogP contribution in [0.4, 0.5) is 0 Å². The number of rotatable bonds is 2. The highest BCUT2D eigenvalue weighted by Gasteiger charge is 2.27. The van der Waals surface area contributed by atoms with Crippen LogP contribution in [0.15, 0.2) is 0 Å². The molecule has 0 radical (unpaired) electrons. The number of aromatic nitrogens is 4. The third-order valence-electron chi connectivity index (χ3n) is 1.34. The molecular formula is C5H6Cl4N4. The van der Waals surface area contributed by atoms with Gasteiger partial charge >= 0.3 is 0 Å². The van der Waals surface area contributed by atoms with Gasteiger partial charge < -0.3 is 0 Å². The molecule has 74 valence electrons. The summed E-state index contributed by atoms with van der Waals surface area (Å²) >= 11 is 22.6. The van der Waals surface area contributed by atoms with E-state index in [1.54, 1.807) is 7.05 Å². The average molecular weight is 264 g/mol. The lowest BCUT2D eigenvalue weighted by molar-refractivity contribution is 0.651. The Labute approximate surface area is 95.1 Å². The van der Waals surface area contributed by atoms with Crippen LogP contribution < -0.4 is 0 Å². The van der Waals surface area contributed by atoms with Crippen molar-refractivity contribution in [3.8, 4) is 0 Å². The van der Waals surface area contributed by atoms with E-state index >= 15 is 0 Å². The quantitative estimate of drug-likeness (QED) is 0.769. The molecule has 1 aromatic rings. The molecule has 0 bridgehead atoms. The maximum atomic E-state index is 5.92. The van der Waals surface area contributed by atoms with Crippen molar-refractivity contribution in [2.45, 2.75) is 15.6 Å². The van der Waals surface area contributed by atoms with Gasteiger partial charge in [-0.15, -0.1) is 16.7 Å². The average Bonchev–Trinajstić information content (AvgIpc) is 2.30. The smallest absolute Gasteiger partial charge is 0.192 e. The Morgan fingerprint density at radius 2 is 2.08 bits per heavy atom. The largest absolute Gasteiger partial charge is 0.231 e. The minimum absolute atomic E-state index is 0.160. The third kappa shape index (κ3) is 3.46. The molecular weight excluding hydrogens is 258 g/mol. The van der Waals surface area contributed by atoms with Crippen LogP contribution in [0.2, 0.25) is 0 Å². The molecule has 0 fully saturated rings. The van der Waals surface area contributed by atoms with Crippen molar-refractivity contribution in [2.24, 2.45) is 7.05 Å². The second-order valence-corrected chi connectivity index (χ2v) is 5.49. The van der Waals surface area contributed by atoms with Crippen molar-refractivity contribution in [3.63, 3.8) is 0 Å². The van der Waals surface area contributed by atoms with E-state index in [2.05, 4.69) is 15.5 Å². The predicted molar refractivity (Wildman–Crippen MR) is 52.3 cm³/mol. The van der Waals surface area contributed by atoms with Crippen molar-refractivity contribution in [2.75, 3.05) is 0 Å². The summed E-state index contributed by atoms with van der Waals surface area (Å²) in [6.07, 6.45) is 0.160. The summed E-state index contributed by atoms with van der Waals surface area (Å²) in [6.45, 7) is 0. The third-order valence-corrected chi connectivity index (χ3v) is 2.16. The maximum Gasteiger partial charge on any atom is 0.192 e. The first-order chi connectivity index (χ1) is 5.90. The van der Waals surface area contributed by atoms with Gasteiger partial charge in [-0.25, -0.2) is 4.68 Å². The van der Waals surface area contributed by atoms with Crippen molar-refractivity contribution < 1.29 is 0 Å². The van der Waals surface area contributed by atoms with Crippen LogP contribution in [0.25, 0.3) is 0 Å². The van der Waals surface area contributed by atoms with Crippen LogP contribution in [0.3, 0.4) is 0 Å². The van der Waals surface area contributed by atoms with E-state index in [1.165, 1.54) is 4.68 Å². The molecule has 0 saturated heterocycles. The van der Waals surface area contributed by atoms with E-state index in [0.29, 0.717) is 5.82 Å². The molecule has 1 rings (SSSR count). The molecule has 0 amide bonds. The Morgan fingerprint density at radius 1 is 1.46 bits per heavy atom. The molecule has 0 aromatic carbocycles. The van der Waals surface area contributed by atoms with Crippen LogP contribution in [0.1, 0.15) is 17.6 Å². The highest BCUT2D eigenvalue weighted by atomic mass is 35.6. The Bertz CT molecular complexity index is 280. The molecule has 8 heteroatoms. The summed E-state index contributed by atoms with van der Waals surface area (Å²) in [4.78, 5) is 0. The summed E-state index contributed by atoms with van der Waals surface area (Å²) < 4.78 is 0.0481. The van der Waals surface area contributed by atoms with E-state index in [4.69, 9.17) is 46.4 Å². The van der Waals surface area contributed by atoms with Crippen LogP contribution in [-0.2, 0) is 7.05 Å². The van der Waals surface area contributed by atoms with Gasteiger partial charge in [0.2, 0.25) is 0 Å². The van der Waals surface area contributed by atoms with Crippen molar-refractivity contribution in [1.29, 1.82) is 0 Å². The van der Waals surface area contributed by atoms with Gasteiger partial charge in [-0.05, 0) is 10.4 Å². The van der Waals surface area contributed by atoms with E-state index in [0.717, 1.165) is 0 Å². The number of hydrogen-bond acceptors (Lipinski definition) is 3. The van der Waals surface area contributed by atoms with Crippen LogP contribution in [0, 0.1) is 0 Å². The molecule has 1 aromatic heterocycles. The van der Waals surface area contributed by atoms with Crippen LogP contribution in [0.5, 0.6) is 0 Å². The Morgan fingerprint density at radius 3 is 2.46 bits per heavy atom. The fraction of sp³-hybridized carbons (Fsp3) is 0.800. The molecule has 1 atom stereocenters. The number of nitrogens with zero attached hydrogens (tertiary/aromatic N) is 4. The highest BCUT2D eigenvalue weighted by Crippen LogP contribution is 2.38. The van der Waals surface area contributed by atoms with Crippen LogP contribution >= 0.6 is 46.4 Å². The summed E-state index contributed by atoms with van der Waals surface area (Å²) in [7, 11) is 1.67. The van der Waals surface area contributed by atoms with Gasteiger partial charge in [-0.2, -0.15) is 0 Å². The molecule has 13 heavy (non-hydrogen) atoms. The van der Waals surface area contributed by atoms with E-state index < -0.39 is 9.17 Å². The first-order valence-electron chi connectivity index (χ1n) is 3.33. The zero-order chi connectivity index (χ0) is 10.1. The van der Waals surface area contributed by atoms with Gasteiger partial charge in [-0.3, -0.25) is 0 Å². The lowest BCUT2D eigenvalue weighted by Crippen LogP contribution is -2.10. The van der Waals surface area contributed by atoms with Gasteiger partial charge in [-0.1, -0.05) is 34.8 Å². The van der Waals surface area contributed by atoms with Gasteiger partial charge in [0.1, 0.15) is 0 Å². The number of tetrazole rings is 1. The molecule has 1 heterocycles. The first kappa shape index (κ1) is 11.3. The molecule has 0 unspecified atom stereocenters. The first-order valence-corrected chi connectivity index (χ1v) is 4.90. The molecule has 4 nitrogen and oxygen atoms in total. The Kier molecular flexibility index (Phi) is 3.63. The molecule has 0 aliphatic heterocycles. The fourth-order valence-corrected chi connectivity index (χ4v) is 1.91. The number of alkyl halides is 4. The SMILES string of the molecule is Cn1nnnc1[C@H](Cl)CC(Cl)(Cl)Cl. The Balaban J connectivity index is 2.69. The zero-order valence-corrected chi connectivity index (χ0v) is 9.61. The van der Waals surface area contributed by atoms with E-state index in [-0.39, 0.29) is 6.42 Å². The standard InChI is InChI=1S/C5H6Cl4N4/c1-13-4(10-11-12-13)3(6)2-5(7,8)9/h3H,2H2,1H3/t3-/m1/s1. The van der Waals surface area contributed by atoms with Gasteiger partial charge in [0.05, 0.1) is 5.38 Å². The second kappa shape index (κ2) is 4.17. The lowest BCUT2D eigenvalue weighted by atomic mass is 10.3. The van der Waals surface area contributed by atoms with E-state index in [1.807, 2.05) is 0 Å². The monoisotopic (exact) mass is 262 g/mol. The molecule has 0 saturated carbocycles. The minimum atomic E-state index is -1.39. The molecule has 0 aliphatic rings. The molecule has 0 aliphatic carbocycles. The zero-order valence-electron chi connectivity index (χ0n) is 6.59. The summed E-state index contributed by atoms with van der Waals surface area (Å²) in [5.41, 5.74) is 0. The topological polar surface area (TPSA) is 43.6 Å². The van der Waals surface area contributed by atoms with Crippen molar-refractivity contribution in [3.05, 3.63) is 5.82 Å². The number of hydrogen-bond donors (Lipinski definition) is 0. The van der Waals surface area contributed by atoms with Crippen molar-refractivity contribution >= 4 is 46.4 Å². The maximum absolute atomic E-state index is 5.92. The predicted octanol–water partition coefficient (Wildman–Crippen LogP) is 2.25. The number of halogens is 4. The second-order valence-electron chi connectivity index (χ2n) is 2.45. The van der Waals surface area contributed by atoms with Crippen molar-refractivity contribution in [1.82, 2.24) is 20.2 Å². The van der Waals surface area contributed by atoms with Gasteiger partial charge in [0, 0.05) is 13.5 Å². The summed E-state index contributed by atoms with van der Waals surface area (Å²) in [5.74, 6) is 0.480. The Hall–Kier alpha value is 0.230. The number of aryl methyl sites for hydroxylation is 1. The van der Waals surface area contributed by atoms with Crippen LogP contribution in [-0.4, -0.2) is 24.0 Å². The fourth-order valence-electron chi connectivity index (χ4n) is 0.796. The lowest BCUT2D eigenvalue weighted by Gasteiger charge is -2.13. The summed E-state index contributed by atoms with van der Waals surface area (Å²) in [6, 6.07) is 0.